The van der Waals surface area contributed by atoms with Crippen molar-refractivity contribution in [2.45, 2.75) is 70.6 Å². The van der Waals surface area contributed by atoms with Gasteiger partial charge in [0.2, 0.25) is 0 Å². The number of carbonyl (C=O) groups excluding carboxylic acids is 1. The van der Waals surface area contributed by atoms with Crippen LogP contribution in [0.5, 0.6) is 11.5 Å². The van der Waals surface area contributed by atoms with Crippen molar-refractivity contribution >= 4 is 22.6 Å². The van der Waals surface area contributed by atoms with Gasteiger partial charge in [0, 0.05) is 23.3 Å². The van der Waals surface area contributed by atoms with Gasteiger partial charge in [-0.25, -0.2) is 4.79 Å². The first kappa shape index (κ1) is 26.8. The Labute approximate surface area is 220 Å². The van der Waals surface area contributed by atoms with E-state index in [-0.39, 0.29) is 5.97 Å². The van der Waals surface area contributed by atoms with Crippen LogP contribution in [0, 0.1) is 0 Å². The number of hydrogen-bond acceptors (Lipinski definition) is 6. The third-order valence-electron chi connectivity index (χ3n) is 7.37. The lowest BCUT2D eigenvalue weighted by atomic mass is 9.92. The summed E-state index contributed by atoms with van der Waals surface area (Å²) in [6, 6.07) is 11.9. The number of aromatic nitrogens is 1. The minimum atomic E-state index is -0.332. The van der Waals surface area contributed by atoms with Gasteiger partial charge < -0.3 is 19.5 Å². The van der Waals surface area contributed by atoms with Gasteiger partial charge in [0.25, 0.3) is 0 Å². The number of anilines is 1. The fourth-order valence-corrected chi connectivity index (χ4v) is 5.38. The maximum absolute atomic E-state index is 12.2. The Bertz CT molecular complexity index is 1210. The molecule has 3 aromatic rings. The van der Waals surface area contributed by atoms with Gasteiger partial charge in [0.15, 0.2) is 0 Å². The maximum atomic E-state index is 12.2. The van der Waals surface area contributed by atoms with Gasteiger partial charge in [-0.05, 0) is 80.3 Å². The van der Waals surface area contributed by atoms with E-state index >= 15 is 0 Å². The molecule has 2 aromatic carbocycles. The van der Waals surface area contributed by atoms with Crippen LogP contribution in [0.25, 0.3) is 10.9 Å². The summed E-state index contributed by atoms with van der Waals surface area (Å²) in [7, 11) is 4.72. The smallest absolute Gasteiger partial charge is 0.341 e. The van der Waals surface area contributed by atoms with Crippen molar-refractivity contribution in [3.05, 3.63) is 58.8 Å². The molecule has 0 fully saturated rings. The third-order valence-corrected chi connectivity index (χ3v) is 7.37. The van der Waals surface area contributed by atoms with Crippen molar-refractivity contribution in [3.63, 3.8) is 0 Å². The highest BCUT2D eigenvalue weighted by Crippen LogP contribution is 2.35. The minimum absolute atomic E-state index is 0.332. The number of benzene rings is 2. The molecule has 4 rings (SSSR count). The van der Waals surface area contributed by atoms with E-state index in [0.29, 0.717) is 11.3 Å². The fraction of sp³-hybridized carbons (Fsp3) is 0.484. The van der Waals surface area contributed by atoms with Crippen LogP contribution < -0.4 is 14.8 Å². The summed E-state index contributed by atoms with van der Waals surface area (Å²) in [5, 5.41) is 4.94. The first-order valence-electron chi connectivity index (χ1n) is 13.6. The molecule has 0 saturated carbocycles. The van der Waals surface area contributed by atoms with E-state index in [9.17, 15) is 4.79 Å². The highest BCUT2D eigenvalue weighted by Gasteiger charge is 2.19. The number of esters is 1. The van der Waals surface area contributed by atoms with Crippen LogP contribution in [-0.4, -0.2) is 38.8 Å². The first-order valence-corrected chi connectivity index (χ1v) is 13.6. The van der Waals surface area contributed by atoms with Crippen molar-refractivity contribution in [3.8, 4) is 11.5 Å². The summed E-state index contributed by atoms with van der Waals surface area (Å²) < 4.78 is 15.8. The first-order chi connectivity index (χ1) is 18.2. The molecule has 1 aliphatic rings. The lowest BCUT2D eigenvalue weighted by Gasteiger charge is -2.22. The zero-order valence-corrected chi connectivity index (χ0v) is 22.5. The molecule has 198 valence electrons. The normalized spacial score (nSPS) is 12.7. The number of unbranched alkanes of at least 4 members (excludes halogenated alkanes) is 5. The van der Waals surface area contributed by atoms with Gasteiger partial charge in [0.1, 0.15) is 17.1 Å². The molecular weight excluding hydrogens is 464 g/mol. The number of methoxy groups -OCH3 is 3. The van der Waals surface area contributed by atoms with Gasteiger partial charge in [-0.1, -0.05) is 37.8 Å². The van der Waals surface area contributed by atoms with E-state index in [1.165, 1.54) is 61.5 Å². The number of pyridine rings is 1. The second-order valence-electron chi connectivity index (χ2n) is 9.79. The molecule has 0 amide bonds. The van der Waals surface area contributed by atoms with Crippen LogP contribution >= 0.6 is 0 Å². The average Bonchev–Trinajstić information content (AvgIpc) is 2.94. The maximum Gasteiger partial charge on any atom is 0.341 e. The molecule has 1 aliphatic carbocycles. The summed E-state index contributed by atoms with van der Waals surface area (Å²) >= 11 is 0. The van der Waals surface area contributed by atoms with Crippen molar-refractivity contribution in [1.29, 1.82) is 0 Å². The molecular formula is C31H40N2O4. The van der Waals surface area contributed by atoms with Crippen LogP contribution in [0.2, 0.25) is 0 Å². The van der Waals surface area contributed by atoms with Crippen LogP contribution in [-0.2, 0) is 24.0 Å². The zero-order chi connectivity index (χ0) is 26.0. The van der Waals surface area contributed by atoms with E-state index in [1.54, 1.807) is 14.2 Å². The Morgan fingerprint density at radius 3 is 2.49 bits per heavy atom. The van der Waals surface area contributed by atoms with Crippen LogP contribution in [0.1, 0.15) is 78.5 Å². The van der Waals surface area contributed by atoms with E-state index in [4.69, 9.17) is 19.2 Å². The van der Waals surface area contributed by atoms with E-state index in [1.807, 2.05) is 24.3 Å². The van der Waals surface area contributed by atoms with Gasteiger partial charge in [-0.15, -0.1) is 0 Å². The molecule has 0 atom stereocenters. The van der Waals surface area contributed by atoms with Gasteiger partial charge in [-0.3, -0.25) is 4.98 Å². The highest BCUT2D eigenvalue weighted by molar-refractivity contribution is 5.95. The molecule has 1 aromatic heterocycles. The molecule has 37 heavy (non-hydrogen) atoms. The Balaban J connectivity index is 1.24. The zero-order valence-electron chi connectivity index (χ0n) is 22.5. The number of ether oxygens (including phenoxy) is 3. The lowest BCUT2D eigenvalue weighted by molar-refractivity contribution is 0.0595. The standard InChI is InChI=1S/C31H40N2O4/c1-35-23-18-19-27-25(21-23)30(24-15-9-10-16-26(24)33-27)32-20-11-7-5-4-6-8-13-22-14-12-17-28(36-2)29(22)31(34)37-3/h12,14,17-19,21H,4-11,13,15-16,20H2,1-3H3,(H,32,33). The fourth-order valence-electron chi connectivity index (χ4n) is 5.38. The van der Waals surface area contributed by atoms with Gasteiger partial charge in [0.05, 0.1) is 26.8 Å². The average molecular weight is 505 g/mol. The number of aryl methyl sites for hydroxylation is 2. The van der Waals surface area contributed by atoms with E-state index in [2.05, 4.69) is 17.4 Å². The Morgan fingerprint density at radius 1 is 0.919 bits per heavy atom. The summed E-state index contributed by atoms with van der Waals surface area (Å²) in [6.07, 6.45) is 12.4. The predicted molar refractivity (Wildman–Crippen MR) is 149 cm³/mol. The SMILES string of the molecule is COC(=O)c1c(CCCCCCCCNc2c3c(nc4ccc(OC)cc24)CCCC3)cccc1OC. The third kappa shape index (κ3) is 6.54. The number of carbonyl (C=O) groups is 1. The molecule has 1 heterocycles. The van der Waals surface area contributed by atoms with Crippen molar-refractivity contribution in [1.82, 2.24) is 4.98 Å². The molecule has 0 unspecified atom stereocenters. The molecule has 6 nitrogen and oxygen atoms in total. The molecule has 0 saturated heterocycles. The van der Waals surface area contributed by atoms with E-state index in [0.717, 1.165) is 61.9 Å². The van der Waals surface area contributed by atoms with Crippen LogP contribution in [0.3, 0.4) is 0 Å². The summed E-state index contributed by atoms with van der Waals surface area (Å²) in [5.41, 5.74) is 6.53. The molecule has 0 radical (unpaired) electrons. The van der Waals surface area contributed by atoms with Crippen molar-refractivity contribution < 1.29 is 19.0 Å². The number of nitrogens with zero attached hydrogens (tertiary/aromatic N) is 1. The topological polar surface area (TPSA) is 69.7 Å². The van der Waals surface area contributed by atoms with Crippen LogP contribution in [0.15, 0.2) is 36.4 Å². The van der Waals surface area contributed by atoms with Crippen LogP contribution in [0.4, 0.5) is 5.69 Å². The second kappa shape index (κ2) is 13.3. The predicted octanol–water partition coefficient (Wildman–Crippen LogP) is 6.91. The Morgan fingerprint density at radius 2 is 1.70 bits per heavy atom. The number of fused-ring (bicyclic) bond motifs is 2. The number of rotatable bonds is 13. The number of hydrogen-bond donors (Lipinski definition) is 1. The van der Waals surface area contributed by atoms with Gasteiger partial charge >= 0.3 is 5.97 Å². The molecule has 0 spiro atoms. The lowest BCUT2D eigenvalue weighted by Crippen LogP contribution is -2.12. The summed E-state index contributed by atoms with van der Waals surface area (Å²) in [4.78, 5) is 17.2. The summed E-state index contributed by atoms with van der Waals surface area (Å²) in [5.74, 6) is 1.13. The quantitative estimate of drug-likeness (QED) is 0.201. The molecule has 1 N–H and O–H groups in total. The van der Waals surface area contributed by atoms with Crippen molar-refractivity contribution in [2.75, 3.05) is 33.2 Å². The van der Waals surface area contributed by atoms with E-state index < -0.39 is 0 Å². The molecule has 6 heteroatoms. The second-order valence-corrected chi connectivity index (χ2v) is 9.79. The minimum Gasteiger partial charge on any atom is -0.497 e. The monoisotopic (exact) mass is 504 g/mol. The Kier molecular flexibility index (Phi) is 9.64. The summed E-state index contributed by atoms with van der Waals surface area (Å²) in [6.45, 7) is 0.967. The highest BCUT2D eigenvalue weighted by atomic mass is 16.5. The molecule has 0 aliphatic heterocycles. The number of nitrogens with one attached hydrogen (secondary N) is 1. The largest absolute Gasteiger partial charge is 0.497 e. The van der Waals surface area contributed by atoms with Gasteiger partial charge in [-0.2, -0.15) is 0 Å². The molecule has 0 bridgehead atoms. The van der Waals surface area contributed by atoms with Crippen molar-refractivity contribution in [2.24, 2.45) is 0 Å². The Hall–Kier alpha value is -3.28.